The summed E-state index contributed by atoms with van der Waals surface area (Å²) in [6, 6.07) is 21.9. The minimum Gasteiger partial charge on any atom is -0.495 e. The fourth-order valence-corrected chi connectivity index (χ4v) is 4.57. The summed E-state index contributed by atoms with van der Waals surface area (Å²) < 4.78 is 7.22. The Morgan fingerprint density at radius 2 is 1.69 bits per heavy atom. The zero-order valence-corrected chi connectivity index (χ0v) is 20.7. The van der Waals surface area contributed by atoms with Crippen LogP contribution in [0.4, 0.5) is 0 Å². The highest BCUT2D eigenvalue weighted by Gasteiger charge is 2.30. The molecule has 0 aliphatic carbocycles. The highest BCUT2D eigenvalue weighted by Crippen LogP contribution is 2.30. The van der Waals surface area contributed by atoms with Crippen molar-refractivity contribution in [1.29, 1.82) is 0 Å². The smallest absolute Gasteiger partial charge is 0.266 e. The van der Waals surface area contributed by atoms with E-state index in [1.165, 1.54) is 0 Å². The SMILES string of the molecule is CCCN(C(=O)c1ccccc1C)C(CC)c1nc2ccccc2c(=O)n1-c1ccccc1OC. The molecule has 180 valence electrons. The van der Waals surface area contributed by atoms with Crippen LogP contribution in [0.15, 0.2) is 77.6 Å². The molecule has 1 aromatic heterocycles. The van der Waals surface area contributed by atoms with Gasteiger partial charge in [-0.25, -0.2) is 4.98 Å². The Labute approximate surface area is 205 Å². The third kappa shape index (κ3) is 4.56. The predicted octanol–water partition coefficient (Wildman–Crippen LogP) is 5.71. The maximum Gasteiger partial charge on any atom is 0.266 e. The predicted molar refractivity (Wildman–Crippen MR) is 139 cm³/mol. The average Bonchev–Trinajstić information content (AvgIpc) is 2.89. The van der Waals surface area contributed by atoms with Crippen LogP contribution in [0.25, 0.3) is 16.6 Å². The summed E-state index contributed by atoms with van der Waals surface area (Å²) in [4.78, 5) is 34.5. The lowest BCUT2D eigenvalue weighted by molar-refractivity contribution is 0.0658. The lowest BCUT2D eigenvalue weighted by Gasteiger charge is -2.32. The third-order valence-electron chi connectivity index (χ3n) is 6.29. The molecule has 0 saturated carbocycles. The molecule has 35 heavy (non-hydrogen) atoms. The van der Waals surface area contributed by atoms with E-state index in [4.69, 9.17) is 9.72 Å². The van der Waals surface area contributed by atoms with Gasteiger partial charge >= 0.3 is 0 Å². The Morgan fingerprint density at radius 1 is 1.00 bits per heavy atom. The van der Waals surface area contributed by atoms with Gasteiger partial charge in [-0.15, -0.1) is 0 Å². The summed E-state index contributed by atoms with van der Waals surface area (Å²) in [7, 11) is 1.58. The second-order valence-corrected chi connectivity index (χ2v) is 8.54. The van der Waals surface area contributed by atoms with Crippen LogP contribution in [0.3, 0.4) is 0 Å². The normalized spacial score (nSPS) is 11.9. The summed E-state index contributed by atoms with van der Waals surface area (Å²) in [6.07, 6.45) is 1.37. The van der Waals surface area contributed by atoms with Gasteiger partial charge in [0, 0.05) is 12.1 Å². The van der Waals surface area contributed by atoms with Gasteiger partial charge in [-0.3, -0.25) is 14.2 Å². The van der Waals surface area contributed by atoms with E-state index in [1.54, 1.807) is 17.7 Å². The van der Waals surface area contributed by atoms with Crippen LogP contribution in [0.5, 0.6) is 5.75 Å². The number of amides is 1. The van der Waals surface area contributed by atoms with Gasteiger partial charge in [0.25, 0.3) is 11.5 Å². The van der Waals surface area contributed by atoms with Crippen molar-refractivity contribution in [3.63, 3.8) is 0 Å². The molecule has 4 rings (SSSR count). The van der Waals surface area contributed by atoms with Gasteiger partial charge in [0.2, 0.25) is 0 Å². The largest absolute Gasteiger partial charge is 0.495 e. The van der Waals surface area contributed by atoms with E-state index in [0.29, 0.717) is 46.7 Å². The molecule has 0 aliphatic rings. The highest BCUT2D eigenvalue weighted by molar-refractivity contribution is 5.96. The first-order chi connectivity index (χ1) is 17.0. The zero-order chi connectivity index (χ0) is 24.9. The van der Waals surface area contributed by atoms with E-state index in [9.17, 15) is 9.59 Å². The van der Waals surface area contributed by atoms with E-state index in [0.717, 1.165) is 12.0 Å². The Balaban J connectivity index is 1.99. The minimum absolute atomic E-state index is 0.0641. The summed E-state index contributed by atoms with van der Waals surface area (Å²) in [5.74, 6) is 1.02. The molecule has 4 aromatic rings. The maximum atomic E-state index is 13.9. The number of fused-ring (bicyclic) bond motifs is 1. The minimum atomic E-state index is -0.413. The van der Waals surface area contributed by atoms with Crippen LogP contribution in [0.2, 0.25) is 0 Å². The second kappa shape index (κ2) is 10.6. The molecule has 1 amide bonds. The molecular formula is C29H31N3O3. The molecule has 0 aliphatic heterocycles. The number of hydrogen-bond acceptors (Lipinski definition) is 4. The molecular weight excluding hydrogens is 438 g/mol. The lowest BCUT2D eigenvalue weighted by Crippen LogP contribution is -2.39. The number of para-hydroxylation sites is 3. The van der Waals surface area contributed by atoms with Crippen molar-refractivity contribution in [2.45, 2.75) is 39.7 Å². The molecule has 3 aromatic carbocycles. The molecule has 1 heterocycles. The number of rotatable bonds is 8. The molecule has 6 nitrogen and oxygen atoms in total. The van der Waals surface area contributed by atoms with Crippen LogP contribution in [0, 0.1) is 6.92 Å². The van der Waals surface area contributed by atoms with Crippen LogP contribution < -0.4 is 10.3 Å². The van der Waals surface area contributed by atoms with Crippen molar-refractivity contribution >= 4 is 16.8 Å². The number of benzene rings is 3. The molecule has 0 spiro atoms. The molecule has 6 heteroatoms. The van der Waals surface area contributed by atoms with Crippen molar-refractivity contribution in [2.75, 3.05) is 13.7 Å². The van der Waals surface area contributed by atoms with Crippen molar-refractivity contribution in [3.05, 3.63) is 100 Å². The summed E-state index contributed by atoms with van der Waals surface area (Å²) in [5, 5.41) is 0.518. The van der Waals surface area contributed by atoms with Gasteiger partial charge in [-0.1, -0.05) is 56.3 Å². The van der Waals surface area contributed by atoms with E-state index >= 15 is 0 Å². The van der Waals surface area contributed by atoms with Crippen LogP contribution >= 0.6 is 0 Å². The quantitative estimate of drug-likeness (QED) is 0.332. The number of hydrogen-bond donors (Lipinski definition) is 0. The first-order valence-corrected chi connectivity index (χ1v) is 12.0. The molecule has 0 radical (unpaired) electrons. The molecule has 0 bridgehead atoms. The Morgan fingerprint density at radius 3 is 2.40 bits per heavy atom. The van der Waals surface area contributed by atoms with Crippen LogP contribution in [-0.2, 0) is 0 Å². The molecule has 0 fully saturated rings. The number of ether oxygens (including phenoxy) is 1. The molecule has 0 saturated heterocycles. The van der Waals surface area contributed by atoms with E-state index < -0.39 is 6.04 Å². The maximum absolute atomic E-state index is 13.9. The number of nitrogens with zero attached hydrogens (tertiary/aromatic N) is 3. The fourth-order valence-electron chi connectivity index (χ4n) is 4.57. The summed E-state index contributed by atoms with van der Waals surface area (Å²) in [6.45, 7) is 6.55. The Bertz CT molecular complexity index is 1410. The number of aryl methyl sites for hydroxylation is 1. The first-order valence-electron chi connectivity index (χ1n) is 12.0. The van der Waals surface area contributed by atoms with Crippen LogP contribution in [-0.4, -0.2) is 34.0 Å². The van der Waals surface area contributed by atoms with Gasteiger partial charge in [-0.2, -0.15) is 0 Å². The molecule has 1 atom stereocenters. The molecule has 1 unspecified atom stereocenters. The van der Waals surface area contributed by atoms with Crippen molar-refractivity contribution in [3.8, 4) is 11.4 Å². The number of carbonyl (C=O) groups is 1. The zero-order valence-electron chi connectivity index (χ0n) is 20.7. The summed E-state index contributed by atoms with van der Waals surface area (Å²) >= 11 is 0. The second-order valence-electron chi connectivity index (χ2n) is 8.54. The third-order valence-corrected chi connectivity index (χ3v) is 6.29. The summed E-state index contributed by atoms with van der Waals surface area (Å²) in [5.41, 5.74) is 2.60. The monoisotopic (exact) mass is 469 g/mol. The topological polar surface area (TPSA) is 64.4 Å². The van der Waals surface area contributed by atoms with Gasteiger partial charge in [-0.05, 0) is 55.7 Å². The Kier molecular flexibility index (Phi) is 7.30. The van der Waals surface area contributed by atoms with Crippen molar-refractivity contribution in [1.82, 2.24) is 14.5 Å². The van der Waals surface area contributed by atoms with Crippen molar-refractivity contribution in [2.24, 2.45) is 0 Å². The van der Waals surface area contributed by atoms with Gasteiger partial charge in [0.05, 0.1) is 29.7 Å². The number of methoxy groups -OCH3 is 1. The van der Waals surface area contributed by atoms with Crippen LogP contribution in [0.1, 0.15) is 54.5 Å². The fraction of sp³-hybridized carbons (Fsp3) is 0.276. The first kappa shape index (κ1) is 24.2. The van der Waals surface area contributed by atoms with E-state index in [2.05, 4.69) is 0 Å². The van der Waals surface area contributed by atoms with E-state index in [-0.39, 0.29) is 11.5 Å². The standard InChI is InChI=1S/C29H31N3O3/c1-5-19-31(28(33)21-14-8-7-13-20(21)3)24(6-2)27-30-23-16-10-9-15-22(23)29(34)32(27)25-17-11-12-18-26(25)35-4/h7-18,24H,5-6,19H2,1-4H3. The Hall–Kier alpha value is -3.93. The lowest BCUT2D eigenvalue weighted by atomic mass is 10.0. The number of carbonyl (C=O) groups excluding carboxylic acids is 1. The number of aromatic nitrogens is 2. The molecule has 0 N–H and O–H groups in total. The average molecular weight is 470 g/mol. The van der Waals surface area contributed by atoms with Gasteiger partial charge in [0.15, 0.2) is 0 Å². The van der Waals surface area contributed by atoms with E-state index in [1.807, 2.05) is 92.4 Å². The van der Waals surface area contributed by atoms with Gasteiger partial charge in [0.1, 0.15) is 11.6 Å². The van der Waals surface area contributed by atoms with Crippen molar-refractivity contribution < 1.29 is 9.53 Å². The highest BCUT2D eigenvalue weighted by atomic mass is 16.5. The van der Waals surface area contributed by atoms with Gasteiger partial charge < -0.3 is 9.64 Å².